The van der Waals surface area contributed by atoms with Crippen molar-refractivity contribution in [3.05, 3.63) is 65.7 Å². The van der Waals surface area contributed by atoms with Crippen LogP contribution in [0.3, 0.4) is 0 Å². The molecule has 0 aliphatic heterocycles. The Balaban J connectivity index is 1.84. The van der Waals surface area contributed by atoms with Crippen LogP contribution in [-0.2, 0) is 16.1 Å². The van der Waals surface area contributed by atoms with Crippen LogP contribution in [0.1, 0.15) is 22.8 Å². The van der Waals surface area contributed by atoms with E-state index in [0.717, 1.165) is 10.5 Å². The molecular formula is C19H20N2O4S. The Kier molecular flexibility index (Phi) is 7.23. The minimum atomic E-state index is -1.10. The second-order valence-corrected chi connectivity index (χ2v) is 6.25. The van der Waals surface area contributed by atoms with E-state index in [1.54, 1.807) is 18.2 Å². The number of rotatable bonds is 6. The number of nitrogens with one attached hydrogen (secondary N) is 2. The smallest absolute Gasteiger partial charge is 0.340 e. The number of hydrogen-bond donors (Lipinski definition) is 2. The number of thioether (sulfide) groups is 1. The second-order valence-electron chi connectivity index (χ2n) is 5.41. The van der Waals surface area contributed by atoms with Crippen LogP contribution in [0.5, 0.6) is 0 Å². The molecule has 2 aromatic rings. The van der Waals surface area contributed by atoms with E-state index < -0.39 is 24.0 Å². The lowest BCUT2D eigenvalue weighted by Gasteiger charge is -2.14. The lowest BCUT2D eigenvalue weighted by Crippen LogP contribution is -2.44. The number of esters is 1. The molecule has 2 aromatic carbocycles. The molecule has 26 heavy (non-hydrogen) atoms. The van der Waals surface area contributed by atoms with Gasteiger partial charge in [0.25, 0.3) is 5.91 Å². The highest BCUT2D eigenvalue weighted by Gasteiger charge is 2.22. The number of carbonyl (C=O) groups excluding carboxylic acids is 3. The maximum atomic E-state index is 12.2. The normalized spacial score (nSPS) is 11.3. The van der Waals surface area contributed by atoms with E-state index in [0.29, 0.717) is 5.56 Å². The van der Waals surface area contributed by atoms with Crippen molar-refractivity contribution in [1.82, 2.24) is 10.6 Å². The molecular weight excluding hydrogens is 352 g/mol. The summed E-state index contributed by atoms with van der Waals surface area (Å²) in [5.74, 6) is -1.30. The average molecular weight is 372 g/mol. The summed E-state index contributed by atoms with van der Waals surface area (Å²) in [5.41, 5.74) is 1.29. The monoisotopic (exact) mass is 372 g/mol. The van der Waals surface area contributed by atoms with Crippen LogP contribution >= 0.6 is 11.8 Å². The number of imide groups is 1. The lowest BCUT2D eigenvalue weighted by molar-refractivity contribution is -0.127. The summed E-state index contributed by atoms with van der Waals surface area (Å²) >= 11 is 1.41. The van der Waals surface area contributed by atoms with E-state index in [1.807, 2.05) is 42.7 Å². The molecule has 0 aliphatic rings. The Bertz CT molecular complexity index is 780. The second kappa shape index (κ2) is 9.62. The van der Waals surface area contributed by atoms with E-state index >= 15 is 0 Å². The molecule has 3 amide bonds. The summed E-state index contributed by atoms with van der Waals surface area (Å²) in [4.78, 5) is 36.8. The summed E-state index contributed by atoms with van der Waals surface area (Å²) in [6.07, 6.45) is 0.749. The predicted octanol–water partition coefficient (Wildman–Crippen LogP) is 2.98. The van der Waals surface area contributed by atoms with Gasteiger partial charge in [0.1, 0.15) is 0 Å². The Morgan fingerprint density at radius 2 is 1.69 bits per heavy atom. The van der Waals surface area contributed by atoms with Crippen LogP contribution in [-0.4, -0.2) is 30.3 Å². The van der Waals surface area contributed by atoms with Gasteiger partial charge in [-0.15, -0.1) is 11.8 Å². The molecule has 6 nitrogen and oxygen atoms in total. The third kappa shape index (κ3) is 5.63. The zero-order valence-corrected chi connectivity index (χ0v) is 15.3. The van der Waals surface area contributed by atoms with Crippen LogP contribution in [0.2, 0.25) is 0 Å². The molecule has 1 atom stereocenters. The van der Waals surface area contributed by atoms with Crippen molar-refractivity contribution in [3.63, 3.8) is 0 Å². The molecule has 0 saturated carbocycles. The van der Waals surface area contributed by atoms with Gasteiger partial charge in [-0.3, -0.25) is 10.1 Å². The Morgan fingerprint density at radius 3 is 2.38 bits per heavy atom. The molecule has 0 aliphatic carbocycles. The number of amides is 3. The standard InChI is InChI=1S/C19H20N2O4S/c1-13(25-18(23)15-10-6-7-11-16(15)26-2)17(22)21-19(24)20-12-14-8-4-3-5-9-14/h3-11,13H,12H2,1-2H3,(H2,20,21,22,24)/t13-/m0/s1. The summed E-state index contributed by atoms with van der Waals surface area (Å²) < 4.78 is 5.16. The van der Waals surface area contributed by atoms with Crippen molar-refractivity contribution in [2.45, 2.75) is 24.5 Å². The maximum Gasteiger partial charge on any atom is 0.340 e. The first-order valence-electron chi connectivity index (χ1n) is 7.98. The van der Waals surface area contributed by atoms with Crippen molar-refractivity contribution in [2.75, 3.05) is 6.26 Å². The molecule has 0 radical (unpaired) electrons. The Hall–Kier alpha value is -2.80. The number of carbonyl (C=O) groups is 3. The zero-order valence-electron chi connectivity index (χ0n) is 14.5. The summed E-state index contributed by atoms with van der Waals surface area (Å²) in [6, 6.07) is 15.6. The van der Waals surface area contributed by atoms with Crippen LogP contribution in [0.15, 0.2) is 59.5 Å². The van der Waals surface area contributed by atoms with Gasteiger partial charge in [-0.05, 0) is 30.9 Å². The minimum absolute atomic E-state index is 0.287. The molecule has 0 saturated heterocycles. The first-order valence-corrected chi connectivity index (χ1v) is 9.20. The summed E-state index contributed by atoms with van der Waals surface area (Å²) in [5, 5.41) is 4.74. The largest absolute Gasteiger partial charge is 0.449 e. The number of hydrogen-bond acceptors (Lipinski definition) is 5. The fourth-order valence-corrected chi connectivity index (χ4v) is 2.71. The third-order valence-corrected chi connectivity index (χ3v) is 4.31. The van der Waals surface area contributed by atoms with Gasteiger partial charge in [-0.1, -0.05) is 42.5 Å². The average Bonchev–Trinajstić information content (AvgIpc) is 2.67. The molecule has 0 unspecified atom stereocenters. The number of urea groups is 1. The van der Waals surface area contributed by atoms with Crippen molar-refractivity contribution in [1.29, 1.82) is 0 Å². The molecule has 0 bridgehead atoms. The van der Waals surface area contributed by atoms with Crippen molar-refractivity contribution in [2.24, 2.45) is 0 Å². The van der Waals surface area contributed by atoms with Crippen LogP contribution in [0.4, 0.5) is 4.79 Å². The highest BCUT2D eigenvalue weighted by molar-refractivity contribution is 7.98. The third-order valence-electron chi connectivity index (χ3n) is 3.51. The first-order chi connectivity index (χ1) is 12.5. The predicted molar refractivity (Wildman–Crippen MR) is 99.9 cm³/mol. The molecule has 0 aromatic heterocycles. The Morgan fingerprint density at radius 1 is 1.04 bits per heavy atom. The van der Waals surface area contributed by atoms with Crippen LogP contribution in [0, 0.1) is 0 Å². The topological polar surface area (TPSA) is 84.5 Å². The van der Waals surface area contributed by atoms with Gasteiger partial charge in [-0.25, -0.2) is 9.59 Å². The molecule has 2 N–H and O–H groups in total. The van der Waals surface area contributed by atoms with Gasteiger partial charge in [0, 0.05) is 11.4 Å². The minimum Gasteiger partial charge on any atom is -0.449 e. The van der Waals surface area contributed by atoms with E-state index in [1.165, 1.54) is 18.7 Å². The van der Waals surface area contributed by atoms with Gasteiger partial charge in [0.15, 0.2) is 6.10 Å². The molecule has 0 spiro atoms. The SMILES string of the molecule is CSc1ccccc1C(=O)O[C@@H](C)C(=O)NC(=O)NCc1ccccc1. The maximum absolute atomic E-state index is 12.2. The van der Waals surface area contributed by atoms with Crippen molar-refractivity contribution >= 4 is 29.7 Å². The molecule has 0 heterocycles. The quantitative estimate of drug-likeness (QED) is 0.602. The van der Waals surface area contributed by atoms with Crippen LogP contribution in [0.25, 0.3) is 0 Å². The van der Waals surface area contributed by atoms with E-state index in [9.17, 15) is 14.4 Å². The van der Waals surface area contributed by atoms with Gasteiger partial charge >= 0.3 is 12.0 Å². The van der Waals surface area contributed by atoms with E-state index in [2.05, 4.69) is 10.6 Å². The fraction of sp³-hybridized carbons (Fsp3) is 0.211. The molecule has 136 valence electrons. The molecule has 0 fully saturated rings. The van der Waals surface area contributed by atoms with Crippen molar-refractivity contribution < 1.29 is 19.1 Å². The highest BCUT2D eigenvalue weighted by Crippen LogP contribution is 2.20. The van der Waals surface area contributed by atoms with Gasteiger partial charge < -0.3 is 10.1 Å². The first kappa shape index (κ1) is 19.5. The van der Waals surface area contributed by atoms with Gasteiger partial charge in [-0.2, -0.15) is 0 Å². The highest BCUT2D eigenvalue weighted by atomic mass is 32.2. The van der Waals surface area contributed by atoms with Crippen molar-refractivity contribution in [3.8, 4) is 0 Å². The lowest BCUT2D eigenvalue weighted by atomic mass is 10.2. The number of benzene rings is 2. The van der Waals surface area contributed by atoms with E-state index in [-0.39, 0.29) is 6.54 Å². The molecule has 7 heteroatoms. The number of ether oxygens (including phenoxy) is 1. The molecule has 2 rings (SSSR count). The zero-order chi connectivity index (χ0) is 18.9. The Labute approximate surface area is 156 Å². The summed E-state index contributed by atoms with van der Waals surface area (Å²) in [7, 11) is 0. The fourth-order valence-electron chi connectivity index (χ4n) is 2.13. The van der Waals surface area contributed by atoms with Gasteiger partial charge in [0.05, 0.1) is 5.56 Å². The summed E-state index contributed by atoms with van der Waals surface area (Å²) in [6.45, 7) is 1.70. The van der Waals surface area contributed by atoms with E-state index in [4.69, 9.17) is 4.74 Å². The van der Waals surface area contributed by atoms with Crippen LogP contribution < -0.4 is 10.6 Å². The van der Waals surface area contributed by atoms with Gasteiger partial charge in [0.2, 0.25) is 0 Å².